The van der Waals surface area contributed by atoms with E-state index in [1.807, 2.05) is 6.08 Å². The molecule has 0 radical (unpaired) electrons. The van der Waals surface area contributed by atoms with E-state index in [2.05, 4.69) is 47.3 Å². The fourth-order valence-corrected chi connectivity index (χ4v) is 9.19. The van der Waals surface area contributed by atoms with Gasteiger partial charge in [-0.05, 0) is 105 Å². The Bertz CT molecular complexity index is 712. The van der Waals surface area contributed by atoms with E-state index < -0.39 is 5.60 Å². The number of fused-ring (bicyclic) bond motifs is 5. The summed E-state index contributed by atoms with van der Waals surface area (Å²) in [5.41, 5.74) is 1.70. The molecule has 0 spiro atoms. The minimum atomic E-state index is -0.619. The molecular weight excluding hydrogens is 380 g/mol. The molecule has 4 aliphatic carbocycles. The van der Waals surface area contributed by atoms with E-state index in [4.69, 9.17) is 0 Å². The van der Waals surface area contributed by atoms with Crippen LogP contribution in [0.4, 0.5) is 0 Å². The van der Waals surface area contributed by atoms with Gasteiger partial charge in [0.05, 0.1) is 11.7 Å². The summed E-state index contributed by atoms with van der Waals surface area (Å²) in [5.74, 6) is 3.86. The first-order chi connectivity index (χ1) is 14.6. The molecule has 10 unspecified atom stereocenters. The van der Waals surface area contributed by atoms with Crippen molar-refractivity contribution < 1.29 is 10.2 Å². The zero-order valence-corrected chi connectivity index (χ0v) is 20.9. The third-order valence-corrected chi connectivity index (χ3v) is 11.3. The van der Waals surface area contributed by atoms with Crippen LogP contribution in [-0.2, 0) is 0 Å². The molecule has 3 saturated carbocycles. The van der Waals surface area contributed by atoms with Gasteiger partial charge in [0, 0.05) is 5.92 Å². The Labute approximate surface area is 191 Å². The Kier molecular flexibility index (Phi) is 6.32. The summed E-state index contributed by atoms with van der Waals surface area (Å²) in [7, 11) is 0. The van der Waals surface area contributed by atoms with Crippen LogP contribution in [0.25, 0.3) is 0 Å². The van der Waals surface area contributed by atoms with Gasteiger partial charge in [-0.3, -0.25) is 0 Å². The zero-order chi connectivity index (χ0) is 22.6. The van der Waals surface area contributed by atoms with Crippen LogP contribution in [0.15, 0.2) is 24.3 Å². The average Bonchev–Trinajstić information content (AvgIpc) is 3.10. The molecule has 4 aliphatic rings. The minimum absolute atomic E-state index is 0.114. The van der Waals surface area contributed by atoms with Gasteiger partial charge in [-0.1, -0.05) is 52.3 Å². The highest BCUT2D eigenvalue weighted by Crippen LogP contribution is 2.67. The molecule has 0 aliphatic heterocycles. The second kappa shape index (κ2) is 8.32. The lowest BCUT2D eigenvalue weighted by Crippen LogP contribution is -2.51. The van der Waals surface area contributed by atoms with Crippen molar-refractivity contribution in [3.05, 3.63) is 24.3 Å². The third-order valence-electron chi connectivity index (χ3n) is 11.3. The molecule has 0 heterocycles. The number of aliphatic hydroxyl groups is 2. The molecule has 2 heteroatoms. The maximum Gasteiger partial charge on any atom is 0.0707 e. The lowest BCUT2D eigenvalue weighted by atomic mass is 9.47. The molecule has 2 N–H and O–H groups in total. The van der Waals surface area contributed by atoms with Crippen molar-refractivity contribution in [2.45, 2.75) is 111 Å². The number of hydrogen-bond donors (Lipinski definition) is 2. The van der Waals surface area contributed by atoms with E-state index in [1.165, 1.54) is 38.5 Å². The van der Waals surface area contributed by atoms with Gasteiger partial charge in [-0.25, -0.2) is 0 Å². The Morgan fingerprint density at radius 1 is 1.16 bits per heavy atom. The molecule has 0 saturated heterocycles. The summed E-state index contributed by atoms with van der Waals surface area (Å²) in [6, 6.07) is 0. The van der Waals surface area contributed by atoms with Crippen molar-refractivity contribution in [3.63, 3.8) is 0 Å². The van der Waals surface area contributed by atoms with Gasteiger partial charge in [-0.15, -0.1) is 6.58 Å². The minimum Gasteiger partial charge on any atom is -0.393 e. The van der Waals surface area contributed by atoms with Gasteiger partial charge in [-0.2, -0.15) is 0 Å². The maximum absolute atomic E-state index is 11.4. The first kappa shape index (κ1) is 23.6. The number of allylic oxidation sites excluding steroid dienone is 1. The highest BCUT2D eigenvalue weighted by Gasteiger charge is 2.59. The molecule has 0 amide bonds. The van der Waals surface area contributed by atoms with Gasteiger partial charge >= 0.3 is 0 Å². The topological polar surface area (TPSA) is 40.5 Å². The quantitative estimate of drug-likeness (QED) is 0.451. The molecule has 3 fully saturated rings. The zero-order valence-electron chi connectivity index (χ0n) is 20.9. The van der Waals surface area contributed by atoms with Gasteiger partial charge < -0.3 is 10.2 Å². The predicted octanol–water partition coefficient (Wildman–Crippen LogP) is 6.92. The normalized spacial score (nSPS) is 46.0. The number of aliphatic hydroxyl groups excluding tert-OH is 1. The summed E-state index contributed by atoms with van der Waals surface area (Å²) in [6.45, 7) is 15.8. The first-order valence-corrected chi connectivity index (χ1v) is 13.3. The van der Waals surface area contributed by atoms with E-state index in [-0.39, 0.29) is 12.0 Å². The second-order valence-electron chi connectivity index (χ2n) is 12.5. The van der Waals surface area contributed by atoms with Crippen LogP contribution in [0.1, 0.15) is 98.8 Å². The Morgan fingerprint density at radius 2 is 1.90 bits per heavy atom. The predicted molar refractivity (Wildman–Crippen MR) is 130 cm³/mol. The van der Waals surface area contributed by atoms with Crippen LogP contribution in [-0.4, -0.2) is 21.9 Å². The number of rotatable bonds is 6. The van der Waals surface area contributed by atoms with Gasteiger partial charge in [0.1, 0.15) is 0 Å². The first-order valence-electron chi connectivity index (χ1n) is 13.3. The Morgan fingerprint density at radius 3 is 2.58 bits per heavy atom. The van der Waals surface area contributed by atoms with Gasteiger partial charge in [0.2, 0.25) is 0 Å². The molecule has 31 heavy (non-hydrogen) atoms. The fraction of sp³-hybridized carbons (Fsp3) is 0.862. The molecule has 0 aromatic heterocycles. The van der Waals surface area contributed by atoms with Crippen LogP contribution < -0.4 is 0 Å². The summed E-state index contributed by atoms with van der Waals surface area (Å²) in [4.78, 5) is 0. The van der Waals surface area contributed by atoms with Crippen molar-refractivity contribution in [1.29, 1.82) is 0 Å². The van der Waals surface area contributed by atoms with E-state index >= 15 is 0 Å². The van der Waals surface area contributed by atoms with Crippen molar-refractivity contribution >= 4 is 0 Å². The largest absolute Gasteiger partial charge is 0.393 e. The average molecular weight is 429 g/mol. The number of hydrogen-bond acceptors (Lipinski definition) is 2. The van der Waals surface area contributed by atoms with Crippen LogP contribution >= 0.6 is 0 Å². The maximum atomic E-state index is 11.4. The van der Waals surface area contributed by atoms with E-state index in [9.17, 15) is 10.2 Å². The molecular formula is C29H48O2. The van der Waals surface area contributed by atoms with Crippen molar-refractivity contribution in [3.8, 4) is 0 Å². The van der Waals surface area contributed by atoms with Crippen molar-refractivity contribution in [2.75, 3.05) is 0 Å². The smallest absolute Gasteiger partial charge is 0.0707 e. The molecule has 176 valence electrons. The van der Waals surface area contributed by atoms with Crippen LogP contribution in [0.3, 0.4) is 0 Å². The van der Waals surface area contributed by atoms with Crippen molar-refractivity contribution in [2.24, 2.45) is 46.3 Å². The fourth-order valence-electron chi connectivity index (χ4n) is 9.19. The highest BCUT2D eigenvalue weighted by molar-refractivity contribution is 5.25. The summed E-state index contributed by atoms with van der Waals surface area (Å²) < 4.78 is 0. The summed E-state index contributed by atoms with van der Waals surface area (Å²) in [6.07, 6.45) is 15.8. The standard InChI is InChI=1S/C29H48O2/c1-7-20(4)29(31,8-2)18-19(3)24-11-12-25-23-10-9-21-17-22(30)13-15-27(21,5)26(23)14-16-28(24,25)6/h7,9,19-20,22-26,30-31H,1,8,10-18H2,2-6H3. The van der Waals surface area contributed by atoms with E-state index in [0.29, 0.717) is 16.7 Å². The molecule has 0 aromatic carbocycles. The lowest BCUT2D eigenvalue weighted by molar-refractivity contribution is -0.0712. The van der Waals surface area contributed by atoms with E-state index in [1.54, 1.807) is 5.57 Å². The van der Waals surface area contributed by atoms with Crippen LogP contribution in [0.2, 0.25) is 0 Å². The molecule has 0 bridgehead atoms. The van der Waals surface area contributed by atoms with Crippen LogP contribution in [0.5, 0.6) is 0 Å². The molecule has 2 nitrogen and oxygen atoms in total. The Balaban J connectivity index is 1.54. The highest BCUT2D eigenvalue weighted by atomic mass is 16.3. The third kappa shape index (κ3) is 3.68. The summed E-state index contributed by atoms with van der Waals surface area (Å²) in [5, 5.41) is 21.6. The Hall–Kier alpha value is -0.600. The molecule has 10 atom stereocenters. The monoisotopic (exact) mass is 428 g/mol. The van der Waals surface area contributed by atoms with Gasteiger partial charge in [0.15, 0.2) is 0 Å². The van der Waals surface area contributed by atoms with Crippen molar-refractivity contribution in [1.82, 2.24) is 0 Å². The van der Waals surface area contributed by atoms with Gasteiger partial charge in [0.25, 0.3) is 0 Å². The van der Waals surface area contributed by atoms with E-state index in [0.717, 1.165) is 49.4 Å². The summed E-state index contributed by atoms with van der Waals surface area (Å²) >= 11 is 0. The lowest BCUT2D eigenvalue weighted by Gasteiger charge is -2.58. The molecule has 4 rings (SSSR count). The molecule has 0 aromatic rings. The SMILES string of the molecule is C=CC(C)C(O)(CC)CC(C)C1CCC2C3CC=C4CC(O)CCC4(C)C3CCC12C. The second-order valence-corrected chi connectivity index (χ2v) is 12.5. The van der Waals surface area contributed by atoms with Crippen LogP contribution in [0, 0.1) is 46.3 Å².